The van der Waals surface area contributed by atoms with Gasteiger partial charge < -0.3 is 14.8 Å². The van der Waals surface area contributed by atoms with E-state index in [0.717, 1.165) is 19.3 Å². The predicted octanol–water partition coefficient (Wildman–Crippen LogP) is 4.48. The molecule has 2 aromatic rings. The van der Waals surface area contributed by atoms with Crippen molar-refractivity contribution in [1.29, 1.82) is 0 Å². The van der Waals surface area contributed by atoms with Crippen molar-refractivity contribution in [2.75, 3.05) is 0 Å². The summed E-state index contributed by atoms with van der Waals surface area (Å²) in [6, 6.07) is 5.05. The zero-order chi connectivity index (χ0) is 19.4. The molecule has 27 heavy (non-hydrogen) atoms. The molecule has 0 saturated heterocycles. The summed E-state index contributed by atoms with van der Waals surface area (Å²) in [5, 5.41) is 13.2. The lowest BCUT2D eigenvalue weighted by Crippen LogP contribution is -2.55. The van der Waals surface area contributed by atoms with E-state index in [2.05, 4.69) is 10.3 Å². The average Bonchev–Trinajstić information content (AvgIpc) is 3.09. The number of nitrogens with one attached hydrogen (secondary N) is 1. The van der Waals surface area contributed by atoms with Crippen LogP contribution in [0.1, 0.15) is 44.4 Å². The first-order chi connectivity index (χ1) is 12.9. The first kappa shape index (κ1) is 19.7. The second-order valence-corrected chi connectivity index (χ2v) is 7.58. The van der Waals surface area contributed by atoms with E-state index >= 15 is 0 Å². The molecule has 1 aromatic heterocycles. The molecule has 1 aliphatic rings. The highest BCUT2D eigenvalue weighted by Crippen LogP contribution is 2.31. The van der Waals surface area contributed by atoms with Crippen LogP contribution < -0.4 is 5.32 Å². The standard InChI is InChI=1S/C19H20Cl2N2O4/c20-12-4-5-13(14(21)10-12)15-11-22-17(27-15)7-6-16(24)23-19(18(25)26)8-2-1-3-9-19/h4-5,10-11H,1-3,6-9H2,(H,23,24)(H,25,26). The number of carboxylic acid groups (broad SMARTS) is 1. The summed E-state index contributed by atoms with van der Waals surface area (Å²) in [4.78, 5) is 28.1. The fourth-order valence-corrected chi connectivity index (χ4v) is 3.84. The van der Waals surface area contributed by atoms with Crippen LogP contribution >= 0.6 is 23.2 Å². The van der Waals surface area contributed by atoms with Crippen molar-refractivity contribution < 1.29 is 19.1 Å². The lowest BCUT2D eigenvalue weighted by Gasteiger charge is -2.33. The molecule has 1 amide bonds. The first-order valence-corrected chi connectivity index (χ1v) is 9.60. The summed E-state index contributed by atoms with van der Waals surface area (Å²) in [6.45, 7) is 0. The number of hydrogen-bond acceptors (Lipinski definition) is 4. The van der Waals surface area contributed by atoms with Gasteiger partial charge in [0.05, 0.1) is 11.2 Å². The fraction of sp³-hybridized carbons (Fsp3) is 0.421. The first-order valence-electron chi connectivity index (χ1n) is 8.84. The Balaban J connectivity index is 1.61. The molecule has 6 nitrogen and oxygen atoms in total. The molecule has 2 N–H and O–H groups in total. The van der Waals surface area contributed by atoms with Crippen molar-refractivity contribution >= 4 is 35.1 Å². The molecule has 1 aliphatic carbocycles. The maximum Gasteiger partial charge on any atom is 0.329 e. The van der Waals surface area contributed by atoms with Gasteiger partial charge in [0.15, 0.2) is 11.7 Å². The summed E-state index contributed by atoms with van der Waals surface area (Å²) < 4.78 is 5.67. The number of carboxylic acids is 1. The molecule has 0 unspecified atom stereocenters. The second kappa shape index (κ2) is 8.31. The summed E-state index contributed by atoms with van der Waals surface area (Å²) in [5.74, 6) is -0.407. The monoisotopic (exact) mass is 410 g/mol. The van der Waals surface area contributed by atoms with Crippen molar-refractivity contribution in [3.8, 4) is 11.3 Å². The molecule has 0 atom stereocenters. The molecule has 1 aromatic carbocycles. The smallest absolute Gasteiger partial charge is 0.329 e. The lowest BCUT2D eigenvalue weighted by molar-refractivity contribution is -0.149. The van der Waals surface area contributed by atoms with Gasteiger partial charge in [-0.05, 0) is 31.0 Å². The van der Waals surface area contributed by atoms with E-state index in [0.29, 0.717) is 40.1 Å². The maximum absolute atomic E-state index is 12.3. The number of carbonyl (C=O) groups excluding carboxylic acids is 1. The van der Waals surface area contributed by atoms with Crippen LogP contribution in [-0.4, -0.2) is 27.5 Å². The number of aryl methyl sites for hydroxylation is 1. The van der Waals surface area contributed by atoms with Crippen molar-refractivity contribution in [3.63, 3.8) is 0 Å². The number of halogens is 2. The molecule has 0 spiro atoms. The lowest BCUT2D eigenvalue weighted by atomic mass is 9.81. The molecule has 1 saturated carbocycles. The van der Waals surface area contributed by atoms with Crippen molar-refractivity contribution in [2.24, 2.45) is 0 Å². The Morgan fingerprint density at radius 1 is 1.22 bits per heavy atom. The normalized spacial score (nSPS) is 16.1. The predicted molar refractivity (Wildman–Crippen MR) is 102 cm³/mol. The van der Waals surface area contributed by atoms with Gasteiger partial charge in [0.2, 0.25) is 5.91 Å². The van der Waals surface area contributed by atoms with Gasteiger partial charge in [-0.25, -0.2) is 9.78 Å². The highest BCUT2D eigenvalue weighted by atomic mass is 35.5. The van der Waals surface area contributed by atoms with E-state index in [-0.39, 0.29) is 18.7 Å². The van der Waals surface area contributed by atoms with Crippen LogP contribution in [0.2, 0.25) is 10.0 Å². The van der Waals surface area contributed by atoms with Crippen LogP contribution in [0, 0.1) is 0 Å². The maximum atomic E-state index is 12.3. The van der Waals surface area contributed by atoms with Crippen LogP contribution in [-0.2, 0) is 16.0 Å². The molecule has 1 fully saturated rings. The Morgan fingerprint density at radius 3 is 2.63 bits per heavy atom. The SMILES string of the molecule is O=C(CCc1ncc(-c2ccc(Cl)cc2Cl)o1)NC1(C(=O)O)CCCCC1. The van der Waals surface area contributed by atoms with Gasteiger partial charge in [-0.3, -0.25) is 4.79 Å². The average molecular weight is 411 g/mol. The number of benzene rings is 1. The zero-order valence-corrected chi connectivity index (χ0v) is 16.1. The van der Waals surface area contributed by atoms with Gasteiger partial charge in [-0.2, -0.15) is 0 Å². The Hall–Kier alpha value is -2.05. The molecular weight excluding hydrogens is 391 g/mol. The van der Waals surface area contributed by atoms with Gasteiger partial charge in [0.25, 0.3) is 0 Å². The molecule has 0 bridgehead atoms. The third-order valence-electron chi connectivity index (χ3n) is 4.81. The number of carbonyl (C=O) groups is 2. The number of amides is 1. The Bertz CT molecular complexity index is 844. The van der Waals surface area contributed by atoms with Gasteiger partial charge in [-0.1, -0.05) is 42.5 Å². The van der Waals surface area contributed by atoms with E-state index in [1.54, 1.807) is 24.4 Å². The quantitative estimate of drug-likeness (QED) is 0.731. The molecule has 0 radical (unpaired) electrons. The summed E-state index contributed by atoms with van der Waals surface area (Å²) in [6.07, 6.45) is 5.45. The molecule has 1 heterocycles. The minimum atomic E-state index is -1.14. The summed E-state index contributed by atoms with van der Waals surface area (Å²) >= 11 is 12.1. The highest BCUT2D eigenvalue weighted by Gasteiger charge is 2.40. The minimum absolute atomic E-state index is 0.101. The van der Waals surface area contributed by atoms with Crippen molar-refractivity contribution in [3.05, 3.63) is 40.3 Å². The van der Waals surface area contributed by atoms with E-state index in [1.165, 1.54) is 0 Å². The summed E-state index contributed by atoms with van der Waals surface area (Å²) in [7, 11) is 0. The van der Waals surface area contributed by atoms with Crippen LogP contribution in [0.4, 0.5) is 0 Å². The third-order valence-corrected chi connectivity index (χ3v) is 5.36. The fourth-order valence-electron chi connectivity index (χ4n) is 3.34. The van der Waals surface area contributed by atoms with Crippen molar-refractivity contribution in [1.82, 2.24) is 10.3 Å². The number of nitrogens with zero attached hydrogens (tertiary/aromatic N) is 1. The van der Waals surface area contributed by atoms with Crippen LogP contribution in [0.3, 0.4) is 0 Å². The van der Waals surface area contributed by atoms with Crippen LogP contribution in [0.25, 0.3) is 11.3 Å². The van der Waals surface area contributed by atoms with Gasteiger partial charge in [0, 0.05) is 23.4 Å². The second-order valence-electron chi connectivity index (χ2n) is 6.74. The Labute approximate surface area is 166 Å². The molecule has 144 valence electrons. The molecule has 0 aliphatic heterocycles. The van der Waals surface area contributed by atoms with Gasteiger partial charge >= 0.3 is 5.97 Å². The molecular formula is C19H20Cl2N2O4. The number of oxazole rings is 1. The minimum Gasteiger partial charge on any atom is -0.480 e. The van der Waals surface area contributed by atoms with Gasteiger partial charge in [0.1, 0.15) is 5.54 Å². The summed E-state index contributed by atoms with van der Waals surface area (Å²) in [5.41, 5.74) is -0.482. The van der Waals surface area contributed by atoms with E-state index in [1.807, 2.05) is 0 Å². The van der Waals surface area contributed by atoms with Crippen LogP contribution in [0.5, 0.6) is 0 Å². The third kappa shape index (κ3) is 4.62. The zero-order valence-electron chi connectivity index (χ0n) is 14.6. The van der Waals surface area contributed by atoms with E-state index in [4.69, 9.17) is 27.6 Å². The van der Waals surface area contributed by atoms with E-state index < -0.39 is 11.5 Å². The van der Waals surface area contributed by atoms with Crippen molar-refractivity contribution in [2.45, 2.75) is 50.5 Å². The van der Waals surface area contributed by atoms with Gasteiger partial charge in [-0.15, -0.1) is 0 Å². The highest BCUT2D eigenvalue weighted by molar-refractivity contribution is 6.36. The topological polar surface area (TPSA) is 92.4 Å². The van der Waals surface area contributed by atoms with E-state index in [9.17, 15) is 14.7 Å². The number of hydrogen-bond donors (Lipinski definition) is 2. The largest absolute Gasteiger partial charge is 0.480 e. The number of rotatable bonds is 6. The Kier molecular flexibility index (Phi) is 6.07. The number of aromatic nitrogens is 1. The van der Waals surface area contributed by atoms with Crippen LogP contribution in [0.15, 0.2) is 28.8 Å². The molecule has 3 rings (SSSR count). The Morgan fingerprint density at radius 2 is 1.96 bits per heavy atom. The molecule has 8 heteroatoms. The number of aliphatic carboxylic acids is 1.